The Labute approximate surface area is 215 Å². The number of carboxylic acid groups (broad SMARTS) is 1. The molecule has 2 heterocycles. The quantitative estimate of drug-likeness (QED) is 0.312. The highest BCUT2D eigenvalue weighted by atomic mass is 16.6. The first-order valence-corrected chi connectivity index (χ1v) is 12.3. The molecule has 0 spiro atoms. The van der Waals surface area contributed by atoms with Gasteiger partial charge in [-0.25, -0.2) is 9.78 Å². The molecule has 0 unspecified atom stereocenters. The van der Waals surface area contributed by atoms with Crippen molar-refractivity contribution >= 4 is 27.6 Å². The summed E-state index contributed by atoms with van der Waals surface area (Å²) < 4.78 is 17.7. The highest BCUT2D eigenvalue weighted by molar-refractivity contribution is 6.13. The maximum Gasteiger partial charge on any atom is 0.337 e. The number of nitrogens with zero attached hydrogens (tertiary/aromatic N) is 1. The van der Waals surface area contributed by atoms with Crippen molar-refractivity contribution in [2.24, 2.45) is 0 Å². The standard InChI is InChI=1S/C30H31NO6/c1-15-7-9-18(10-8-15)23-16(2)24-19-13-21-22(36-12-11-35-21)14-20(19)28(32)31-26(24)17(3)25(23)27(29(33)34)37-30(4,5)6/h7-10,13-14,27H,11-12H2,1-6H3,(H,31,32)(H,33,34)/t27-/m0/s1. The molecule has 7 nitrogen and oxygen atoms in total. The molecule has 2 N–H and O–H groups in total. The van der Waals surface area contributed by atoms with E-state index in [2.05, 4.69) is 4.98 Å². The van der Waals surface area contributed by atoms with Gasteiger partial charge in [-0.15, -0.1) is 0 Å². The maximum atomic E-state index is 12.6. The van der Waals surface area contributed by atoms with Gasteiger partial charge in [-0.1, -0.05) is 29.8 Å². The molecule has 0 fully saturated rings. The summed E-state index contributed by atoms with van der Waals surface area (Å²) in [4.78, 5) is 17.2. The lowest BCUT2D eigenvalue weighted by Gasteiger charge is -2.29. The first-order valence-electron chi connectivity index (χ1n) is 12.3. The number of hydrogen-bond donors (Lipinski definition) is 2. The fourth-order valence-corrected chi connectivity index (χ4v) is 5.13. The van der Waals surface area contributed by atoms with E-state index in [4.69, 9.17) is 14.2 Å². The SMILES string of the molecule is Cc1ccc(-c2c([C@H](OC(C)(C)C)C(=O)O)c(C)c3nc(O)c4cc5c(cc4c3c2C)OCCO5)cc1. The van der Waals surface area contributed by atoms with Crippen LogP contribution in [0.4, 0.5) is 0 Å². The monoisotopic (exact) mass is 501 g/mol. The molecule has 1 aliphatic rings. The van der Waals surface area contributed by atoms with Crippen LogP contribution in [0.25, 0.3) is 32.8 Å². The molecule has 0 saturated carbocycles. The van der Waals surface area contributed by atoms with Crippen LogP contribution in [0, 0.1) is 20.8 Å². The zero-order valence-electron chi connectivity index (χ0n) is 21.9. The highest BCUT2D eigenvalue weighted by Gasteiger charge is 2.33. The Kier molecular flexibility index (Phi) is 5.99. The number of benzene rings is 3. The molecule has 0 radical (unpaired) electrons. The molecule has 0 saturated heterocycles. The second-order valence-corrected chi connectivity index (χ2v) is 10.6. The van der Waals surface area contributed by atoms with E-state index >= 15 is 0 Å². The number of aromatic nitrogens is 1. The van der Waals surface area contributed by atoms with Crippen LogP contribution in [0.3, 0.4) is 0 Å². The summed E-state index contributed by atoms with van der Waals surface area (Å²) >= 11 is 0. The first-order chi connectivity index (χ1) is 17.5. The van der Waals surface area contributed by atoms with Crippen LogP contribution in [0.2, 0.25) is 0 Å². The molecule has 5 rings (SSSR count). The van der Waals surface area contributed by atoms with Crippen LogP contribution in [-0.2, 0) is 9.53 Å². The summed E-state index contributed by atoms with van der Waals surface area (Å²) in [6.45, 7) is 12.2. The predicted molar refractivity (Wildman–Crippen MR) is 143 cm³/mol. The van der Waals surface area contributed by atoms with Crippen molar-refractivity contribution in [2.75, 3.05) is 13.2 Å². The van der Waals surface area contributed by atoms with Gasteiger partial charge in [0.05, 0.1) is 11.1 Å². The van der Waals surface area contributed by atoms with Crippen LogP contribution in [0.15, 0.2) is 36.4 Å². The van der Waals surface area contributed by atoms with E-state index in [1.807, 2.05) is 71.9 Å². The van der Waals surface area contributed by atoms with Gasteiger partial charge in [0.2, 0.25) is 5.88 Å². The number of carboxylic acids is 1. The minimum Gasteiger partial charge on any atom is -0.493 e. The van der Waals surface area contributed by atoms with Crippen molar-refractivity contribution in [2.45, 2.75) is 53.2 Å². The molecule has 0 aliphatic carbocycles. The third-order valence-electron chi connectivity index (χ3n) is 6.72. The third-order valence-corrected chi connectivity index (χ3v) is 6.72. The minimum absolute atomic E-state index is 0.153. The lowest BCUT2D eigenvalue weighted by atomic mass is 9.84. The largest absolute Gasteiger partial charge is 0.493 e. The van der Waals surface area contributed by atoms with Crippen molar-refractivity contribution < 1.29 is 29.2 Å². The number of carbonyl (C=O) groups is 1. The van der Waals surface area contributed by atoms with Gasteiger partial charge in [-0.3, -0.25) is 0 Å². The number of pyridine rings is 1. The van der Waals surface area contributed by atoms with Crippen molar-refractivity contribution in [3.05, 3.63) is 58.7 Å². The van der Waals surface area contributed by atoms with Gasteiger partial charge < -0.3 is 24.4 Å². The van der Waals surface area contributed by atoms with Gasteiger partial charge in [0.15, 0.2) is 17.6 Å². The van der Waals surface area contributed by atoms with E-state index in [0.717, 1.165) is 33.0 Å². The van der Waals surface area contributed by atoms with Gasteiger partial charge in [0.25, 0.3) is 0 Å². The Balaban J connectivity index is 1.94. The smallest absolute Gasteiger partial charge is 0.337 e. The topological polar surface area (TPSA) is 98.1 Å². The molecule has 1 aromatic heterocycles. The van der Waals surface area contributed by atoms with E-state index in [0.29, 0.717) is 46.7 Å². The average Bonchev–Trinajstić information content (AvgIpc) is 2.84. The third kappa shape index (κ3) is 4.33. The maximum absolute atomic E-state index is 12.6. The molecule has 37 heavy (non-hydrogen) atoms. The summed E-state index contributed by atoms with van der Waals surface area (Å²) in [5.74, 6) is -0.0815. The van der Waals surface area contributed by atoms with Gasteiger partial charge in [-0.2, -0.15) is 0 Å². The Morgan fingerprint density at radius 2 is 1.57 bits per heavy atom. The number of aromatic hydroxyl groups is 1. The second-order valence-electron chi connectivity index (χ2n) is 10.6. The summed E-state index contributed by atoms with van der Waals surface area (Å²) in [7, 11) is 0. The van der Waals surface area contributed by atoms with E-state index in [-0.39, 0.29) is 5.88 Å². The summed E-state index contributed by atoms with van der Waals surface area (Å²) in [6.07, 6.45) is -1.24. The first kappa shape index (κ1) is 24.8. The number of aliphatic carboxylic acids is 1. The van der Waals surface area contributed by atoms with Crippen molar-refractivity contribution in [1.82, 2.24) is 4.98 Å². The Morgan fingerprint density at radius 3 is 2.14 bits per heavy atom. The molecule has 192 valence electrons. The van der Waals surface area contributed by atoms with Gasteiger partial charge in [0.1, 0.15) is 13.2 Å². The number of hydrogen-bond acceptors (Lipinski definition) is 6. The van der Waals surface area contributed by atoms with E-state index in [1.54, 1.807) is 6.07 Å². The number of fused-ring (bicyclic) bond motifs is 4. The normalized spacial score (nSPS) is 14.2. The number of aryl methyl sites for hydroxylation is 3. The summed E-state index contributed by atoms with van der Waals surface area (Å²) in [6, 6.07) is 11.6. The molecular weight excluding hydrogens is 470 g/mol. The summed E-state index contributed by atoms with van der Waals surface area (Å²) in [5, 5.41) is 23.4. The number of rotatable bonds is 4. The minimum atomic E-state index is -1.24. The van der Waals surface area contributed by atoms with Crippen molar-refractivity contribution in [3.8, 4) is 28.5 Å². The Morgan fingerprint density at radius 1 is 0.973 bits per heavy atom. The lowest BCUT2D eigenvalue weighted by molar-refractivity contribution is -0.160. The average molecular weight is 502 g/mol. The van der Waals surface area contributed by atoms with Gasteiger partial charge in [-0.05, 0) is 75.9 Å². The molecule has 3 aromatic carbocycles. The van der Waals surface area contributed by atoms with Crippen molar-refractivity contribution in [1.29, 1.82) is 0 Å². The van der Waals surface area contributed by atoms with Crippen LogP contribution in [-0.4, -0.2) is 40.0 Å². The predicted octanol–water partition coefficient (Wildman–Crippen LogP) is 6.40. The van der Waals surface area contributed by atoms with Gasteiger partial charge in [0, 0.05) is 21.7 Å². The number of ether oxygens (including phenoxy) is 3. The molecule has 4 aromatic rings. The van der Waals surface area contributed by atoms with Crippen LogP contribution in [0.1, 0.15) is 49.1 Å². The molecule has 7 heteroatoms. The fourth-order valence-electron chi connectivity index (χ4n) is 5.13. The molecule has 0 bridgehead atoms. The lowest BCUT2D eigenvalue weighted by Crippen LogP contribution is -2.28. The Hall–Kier alpha value is -3.84. The second kappa shape index (κ2) is 8.92. The van der Waals surface area contributed by atoms with Crippen LogP contribution >= 0.6 is 0 Å². The molecular formula is C30H31NO6. The highest BCUT2D eigenvalue weighted by Crippen LogP contribution is 2.46. The van der Waals surface area contributed by atoms with Crippen molar-refractivity contribution in [3.63, 3.8) is 0 Å². The molecule has 0 amide bonds. The van der Waals surface area contributed by atoms with E-state index in [9.17, 15) is 15.0 Å². The summed E-state index contributed by atoms with van der Waals surface area (Å²) in [5.41, 5.74) is 4.59. The molecule has 1 aliphatic heterocycles. The van der Waals surface area contributed by atoms with E-state index in [1.165, 1.54) is 0 Å². The molecule has 1 atom stereocenters. The Bertz CT molecular complexity index is 1550. The van der Waals surface area contributed by atoms with E-state index < -0.39 is 17.7 Å². The van der Waals surface area contributed by atoms with Crippen LogP contribution in [0.5, 0.6) is 17.4 Å². The van der Waals surface area contributed by atoms with Crippen LogP contribution < -0.4 is 9.47 Å². The zero-order chi connectivity index (χ0) is 26.6. The zero-order valence-corrected chi connectivity index (χ0v) is 21.9. The fraction of sp³-hybridized carbons (Fsp3) is 0.333. The van der Waals surface area contributed by atoms with Gasteiger partial charge >= 0.3 is 5.97 Å².